The lowest BCUT2D eigenvalue weighted by Gasteiger charge is -2.37. The molecule has 4 atom stereocenters. The number of rotatable bonds is 7. The van der Waals surface area contributed by atoms with Gasteiger partial charge in [0.05, 0.1) is 17.3 Å². The molecule has 0 spiro atoms. The number of pyridine rings is 1. The fourth-order valence-electron chi connectivity index (χ4n) is 5.52. The summed E-state index contributed by atoms with van der Waals surface area (Å²) in [5.74, 6) is -1.14. The Bertz CT molecular complexity index is 1360. The Labute approximate surface area is 261 Å². The molecule has 4 amide bonds. The summed E-state index contributed by atoms with van der Waals surface area (Å²) in [7, 11) is 0. The Balaban J connectivity index is 1.38. The fraction of sp³-hybridized carbons (Fsp3) is 0.581. The molecule has 2 fully saturated rings. The molecule has 1 aromatic heterocycles. The number of nitrogens with one attached hydrogen (secondary N) is 3. The topological polar surface area (TPSA) is 133 Å². The molecule has 2 aliphatic heterocycles. The number of halogens is 1. The summed E-state index contributed by atoms with van der Waals surface area (Å²) in [4.78, 5) is 59.2. The first-order chi connectivity index (χ1) is 20.2. The van der Waals surface area contributed by atoms with Gasteiger partial charge in [0.1, 0.15) is 23.7 Å². The number of likely N-dealkylation sites (tertiary alicyclic amines) is 1. The average Bonchev–Trinajstić information content (AvgIpc) is 3.43. The van der Waals surface area contributed by atoms with E-state index in [1.54, 1.807) is 41.5 Å². The van der Waals surface area contributed by atoms with Gasteiger partial charge in [-0.2, -0.15) is 0 Å². The Morgan fingerprint density at radius 3 is 2.42 bits per heavy atom. The van der Waals surface area contributed by atoms with Crippen LogP contribution in [-0.4, -0.2) is 75.5 Å². The zero-order valence-corrected chi connectivity index (χ0v) is 27.4. The van der Waals surface area contributed by atoms with Gasteiger partial charge < -0.3 is 20.3 Å². The number of amides is 4. The number of nitrogens with zero attached hydrogens (tertiary/aromatic N) is 3. The van der Waals surface area contributed by atoms with E-state index >= 15 is 0 Å². The number of alkyl carbamates (subject to hydrolysis) is 1. The highest BCUT2D eigenvalue weighted by molar-refractivity contribution is 9.10. The summed E-state index contributed by atoms with van der Waals surface area (Å²) in [5, 5.41) is 7.80. The lowest BCUT2D eigenvalue weighted by Crippen LogP contribution is -2.62. The van der Waals surface area contributed by atoms with Gasteiger partial charge in [0.2, 0.25) is 11.8 Å². The average molecular weight is 660 g/mol. The third kappa shape index (κ3) is 8.23. The van der Waals surface area contributed by atoms with Crippen molar-refractivity contribution in [1.29, 1.82) is 0 Å². The molecule has 0 radical (unpaired) electrons. The highest BCUT2D eigenvalue weighted by atomic mass is 79.9. The number of benzene rings is 1. The van der Waals surface area contributed by atoms with Crippen molar-refractivity contribution in [2.24, 2.45) is 5.92 Å². The van der Waals surface area contributed by atoms with Gasteiger partial charge in [0, 0.05) is 22.9 Å². The van der Waals surface area contributed by atoms with Gasteiger partial charge in [-0.3, -0.25) is 24.4 Å². The van der Waals surface area contributed by atoms with E-state index in [0.717, 1.165) is 33.9 Å². The molecule has 2 aromatic rings. The number of fused-ring (bicyclic) bond motifs is 1. The molecule has 0 saturated carbocycles. The molecule has 234 valence electrons. The zero-order chi connectivity index (χ0) is 31.5. The molecule has 43 heavy (non-hydrogen) atoms. The SMILES string of the molecule is CC(C)[C@H](NC(=O)OC(C)(C)C)C(=O)N[C@@H](C)C(=O)N1CCC[C@@H](C(=O)N2CCCC2c2ccc3ccc(Br)cc3n2)N1. The first kappa shape index (κ1) is 32.7. The van der Waals surface area contributed by atoms with Crippen molar-refractivity contribution in [2.45, 2.75) is 97.0 Å². The van der Waals surface area contributed by atoms with Crippen molar-refractivity contribution in [3.8, 4) is 0 Å². The first-order valence-corrected chi connectivity index (χ1v) is 15.8. The molecule has 0 aliphatic carbocycles. The van der Waals surface area contributed by atoms with E-state index in [1.807, 2.05) is 35.2 Å². The maximum atomic E-state index is 13.8. The molecule has 3 N–H and O–H groups in total. The van der Waals surface area contributed by atoms with Crippen LogP contribution in [0.3, 0.4) is 0 Å². The second-order valence-corrected chi connectivity index (χ2v) is 13.6. The zero-order valence-electron chi connectivity index (χ0n) is 25.8. The minimum atomic E-state index is -0.884. The van der Waals surface area contributed by atoms with Crippen LogP contribution < -0.4 is 16.1 Å². The maximum absolute atomic E-state index is 13.8. The van der Waals surface area contributed by atoms with Crippen LogP contribution >= 0.6 is 15.9 Å². The van der Waals surface area contributed by atoms with Crippen molar-refractivity contribution in [1.82, 2.24) is 31.0 Å². The van der Waals surface area contributed by atoms with Crippen molar-refractivity contribution in [3.63, 3.8) is 0 Å². The van der Waals surface area contributed by atoms with E-state index < -0.39 is 35.7 Å². The van der Waals surface area contributed by atoms with Crippen LogP contribution in [0.15, 0.2) is 34.8 Å². The number of hydrogen-bond acceptors (Lipinski definition) is 7. The Kier molecular flexibility index (Phi) is 10.3. The molecule has 3 heterocycles. The minimum absolute atomic E-state index is 0.0609. The molecule has 12 heteroatoms. The lowest BCUT2D eigenvalue weighted by atomic mass is 10.0. The maximum Gasteiger partial charge on any atom is 0.408 e. The number of carbonyl (C=O) groups excluding carboxylic acids is 4. The molecular formula is C31H43BrN6O5. The van der Waals surface area contributed by atoms with E-state index in [0.29, 0.717) is 25.9 Å². The van der Waals surface area contributed by atoms with Crippen molar-refractivity contribution in [3.05, 3.63) is 40.5 Å². The standard InChI is InChI=1S/C31H43BrN6O5/c1-18(2)26(35-30(42)43-31(4,5)6)27(39)33-19(3)28(40)38-16-7-9-23(36-38)29(41)37-15-8-10-25(37)22-14-12-20-11-13-21(32)17-24(20)34-22/h11-14,17-19,23,25-26,36H,7-10,15-16H2,1-6H3,(H,33,39)(H,35,42)/t19-,23-,25?,26-/m0/s1. The summed E-state index contributed by atoms with van der Waals surface area (Å²) in [5.41, 5.74) is 4.15. The van der Waals surface area contributed by atoms with Crippen LogP contribution in [0.25, 0.3) is 10.9 Å². The number of hydrogen-bond donors (Lipinski definition) is 3. The van der Waals surface area contributed by atoms with Crippen LogP contribution in [-0.2, 0) is 19.1 Å². The van der Waals surface area contributed by atoms with Crippen LogP contribution in [0.1, 0.15) is 79.0 Å². The first-order valence-electron chi connectivity index (χ1n) is 15.0. The number of aromatic nitrogens is 1. The number of carbonyl (C=O) groups is 4. The second-order valence-electron chi connectivity index (χ2n) is 12.7. The van der Waals surface area contributed by atoms with Gasteiger partial charge in [0.25, 0.3) is 5.91 Å². The van der Waals surface area contributed by atoms with Crippen molar-refractivity contribution >= 4 is 50.6 Å². The number of hydrazine groups is 1. The Morgan fingerprint density at radius 1 is 1.02 bits per heavy atom. The molecule has 2 saturated heterocycles. The van der Waals surface area contributed by atoms with Crippen molar-refractivity contribution in [2.75, 3.05) is 13.1 Å². The lowest BCUT2D eigenvalue weighted by molar-refractivity contribution is -0.146. The Morgan fingerprint density at radius 2 is 1.72 bits per heavy atom. The van der Waals surface area contributed by atoms with Crippen LogP contribution in [0.4, 0.5) is 4.79 Å². The monoisotopic (exact) mass is 658 g/mol. The smallest absolute Gasteiger partial charge is 0.408 e. The van der Waals surface area contributed by atoms with E-state index in [2.05, 4.69) is 32.0 Å². The van der Waals surface area contributed by atoms with Crippen LogP contribution in [0, 0.1) is 5.92 Å². The molecule has 11 nitrogen and oxygen atoms in total. The fourth-order valence-corrected chi connectivity index (χ4v) is 5.87. The normalized spacial score (nSPS) is 20.6. The minimum Gasteiger partial charge on any atom is -0.444 e. The van der Waals surface area contributed by atoms with Gasteiger partial charge >= 0.3 is 6.09 Å². The van der Waals surface area contributed by atoms with Gasteiger partial charge in [-0.25, -0.2) is 10.2 Å². The van der Waals surface area contributed by atoms with Crippen molar-refractivity contribution < 1.29 is 23.9 Å². The van der Waals surface area contributed by atoms with E-state index in [1.165, 1.54) is 5.01 Å². The summed E-state index contributed by atoms with van der Waals surface area (Å²) in [6, 6.07) is 7.53. The predicted molar refractivity (Wildman–Crippen MR) is 167 cm³/mol. The molecule has 0 bridgehead atoms. The summed E-state index contributed by atoms with van der Waals surface area (Å²) < 4.78 is 6.24. The highest BCUT2D eigenvalue weighted by Crippen LogP contribution is 2.33. The number of ether oxygens (including phenoxy) is 1. The predicted octanol–water partition coefficient (Wildman–Crippen LogP) is 4.21. The molecule has 1 aromatic carbocycles. The summed E-state index contributed by atoms with van der Waals surface area (Å²) >= 11 is 3.51. The largest absolute Gasteiger partial charge is 0.444 e. The van der Waals surface area contributed by atoms with E-state index in [4.69, 9.17) is 9.72 Å². The molecule has 1 unspecified atom stereocenters. The Hall–Kier alpha value is -3.25. The van der Waals surface area contributed by atoms with E-state index in [-0.39, 0.29) is 23.8 Å². The van der Waals surface area contributed by atoms with Gasteiger partial charge in [0.15, 0.2) is 0 Å². The third-order valence-corrected chi connectivity index (χ3v) is 8.15. The molecule has 4 rings (SSSR count). The quantitative estimate of drug-likeness (QED) is 0.406. The second kappa shape index (κ2) is 13.6. The third-order valence-electron chi connectivity index (χ3n) is 7.65. The molecule has 2 aliphatic rings. The molecular weight excluding hydrogens is 616 g/mol. The highest BCUT2D eigenvalue weighted by Gasteiger charge is 2.38. The van der Waals surface area contributed by atoms with Crippen LogP contribution in [0.2, 0.25) is 0 Å². The van der Waals surface area contributed by atoms with E-state index in [9.17, 15) is 19.2 Å². The van der Waals surface area contributed by atoms with Crippen LogP contribution in [0.5, 0.6) is 0 Å². The van der Waals surface area contributed by atoms with Gasteiger partial charge in [-0.1, -0.05) is 41.9 Å². The van der Waals surface area contributed by atoms with Gasteiger partial charge in [-0.15, -0.1) is 0 Å². The summed E-state index contributed by atoms with van der Waals surface area (Å²) in [6.45, 7) is 11.5. The summed E-state index contributed by atoms with van der Waals surface area (Å²) in [6.07, 6.45) is 2.24. The van der Waals surface area contributed by atoms with Gasteiger partial charge in [-0.05, 0) is 77.5 Å².